The SMILES string of the molecule is CCCN(CC1CC1)c1cc(C(=O)Cc2cccc(-[n+]3cc[nH]c3)c2)ncn1. The maximum atomic E-state index is 12.9. The summed E-state index contributed by atoms with van der Waals surface area (Å²) < 4.78 is 1.98. The maximum Gasteiger partial charge on any atom is 0.246 e. The van der Waals surface area contributed by atoms with E-state index in [0.29, 0.717) is 12.1 Å². The third-order valence-electron chi connectivity index (χ3n) is 5.05. The highest BCUT2D eigenvalue weighted by molar-refractivity contribution is 5.96. The average Bonchev–Trinajstić information content (AvgIpc) is 3.37. The average molecular weight is 376 g/mol. The van der Waals surface area contributed by atoms with Crippen molar-refractivity contribution in [2.24, 2.45) is 5.92 Å². The zero-order chi connectivity index (χ0) is 19.3. The smallest absolute Gasteiger partial charge is 0.246 e. The van der Waals surface area contributed by atoms with Gasteiger partial charge in [-0.2, -0.15) is 0 Å². The normalized spacial score (nSPS) is 13.5. The Hall–Kier alpha value is -3.02. The Morgan fingerprint density at radius 1 is 1.29 bits per heavy atom. The molecular weight excluding hydrogens is 350 g/mol. The monoisotopic (exact) mass is 376 g/mol. The molecule has 1 fully saturated rings. The van der Waals surface area contributed by atoms with Crippen molar-refractivity contribution in [2.45, 2.75) is 32.6 Å². The van der Waals surface area contributed by atoms with Crippen LogP contribution in [0.1, 0.15) is 42.2 Å². The minimum atomic E-state index is 0.0164. The Balaban J connectivity index is 1.50. The summed E-state index contributed by atoms with van der Waals surface area (Å²) in [5.74, 6) is 1.65. The van der Waals surface area contributed by atoms with Gasteiger partial charge in [0.05, 0.1) is 0 Å². The van der Waals surface area contributed by atoms with E-state index in [-0.39, 0.29) is 5.78 Å². The van der Waals surface area contributed by atoms with Gasteiger partial charge in [-0.1, -0.05) is 19.1 Å². The molecule has 1 aliphatic carbocycles. The lowest BCUT2D eigenvalue weighted by atomic mass is 10.1. The highest BCUT2D eigenvalue weighted by atomic mass is 16.1. The van der Waals surface area contributed by atoms with Crippen molar-refractivity contribution in [3.63, 3.8) is 0 Å². The van der Waals surface area contributed by atoms with Crippen molar-refractivity contribution < 1.29 is 9.36 Å². The third-order valence-corrected chi connectivity index (χ3v) is 5.05. The number of imidazole rings is 1. The number of carbonyl (C=O) groups is 1. The van der Waals surface area contributed by atoms with Gasteiger partial charge in [-0.15, -0.1) is 0 Å². The summed E-state index contributed by atoms with van der Waals surface area (Å²) in [5, 5.41) is 0. The molecule has 1 saturated carbocycles. The van der Waals surface area contributed by atoms with E-state index in [0.717, 1.165) is 42.5 Å². The minimum absolute atomic E-state index is 0.0164. The molecule has 28 heavy (non-hydrogen) atoms. The first kappa shape index (κ1) is 18.3. The van der Waals surface area contributed by atoms with E-state index >= 15 is 0 Å². The van der Waals surface area contributed by atoms with Gasteiger partial charge in [-0.3, -0.25) is 4.79 Å². The van der Waals surface area contributed by atoms with Gasteiger partial charge in [0.1, 0.15) is 35.9 Å². The number of aromatic amines is 1. The second-order valence-electron chi connectivity index (χ2n) is 7.44. The Morgan fingerprint density at radius 2 is 2.18 bits per heavy atom. The highest BCUT2D eigenvalue weighted by Crippen LogP contribution is 2.31. The van der Waals surface area contributed by atoms with Crippen molar-refractivity contribution in [1.82, 2.24) is 15.0 Å². The topological polar surface area (TPSA) is 65.8 Å². The van der Waals surface area contributed by atoms with Gasteiger partial charge in [0, 0.05) is 25.6 Å². The number of benzene rings is 1. The first-order valence-corrected chi connectivity index (χ1v) is 9.96. The predicted octanol–water partition coefficient (Wildman–Crippen LogP) is 3.13. The molecule has 0 aliphatic heterocycles. The molecule has 0 spiro atoms. The van der Waals surface area contributed by atoms with Gasteiger partial charge < -0.3 is 4.90 Å². The molecule has 6 heteroatoms. The number of Topliss-reactive ketones (excluding diaryl/α,β-unsaturated/α-hetero) is 1. The van der Waals surface area contributed by atoms with Gasteiger partial charge >= 0.3 is 0 Å². The molecule has 0 unspecified atom stereocenters. The van der Waals surface area contributed by atoms with E-state index < -0.39 is 0 Å². The molecule has 0 radical (unpaired) electrons. The van der Waals surface area contributed by atoms with Gasteiger partial charge in [0.15, 0.2) is 5.78 Å². The Bertz CT molecular complexity index is 934. The molecule has 0 bridgehead atoms. The van der Waals surface area contributed by atoms with E-state index in [2.05, 4.69) is 26.8 Å². The van der Waals surface area contributed by atoms with Gasteiger partial charge in [0.25, 0.3) is 0 Å². The summed E-state index contributed by atoms with van der Waals surface area (Å²) >= 11 is 0. The van der Waals surface area contributed by atoms with E-state index in [1.807, 2.05) is 53.6 Å². The van der Waals surface area contributed by atoms with Crippen molar-refractivity contribution in [1.29, 1.82) is 0 Å². The Labute approximate surface area is 165 Å². The number of H-pyrrole nitrogens is 1. The number of rotatable bonds is 9. The van der Waals surface area contributed by atoms with Crippen LogP contribution in [0.15, 0.2) is 55.4 Å². The Kier molecular flexibility index (Phi) is 5.46. The number of anilines is 1. The van der Waals surface area contributed by atoms with Crippen LogP contribution in [-0.2, 0) is 6.42 Å². The molecule has 1 aromatic carbocycles. The van der Waals surface area contributed by atoms with Crippen molar-refractivity contribution in [2.75, 3.05) is 18.0 Å². The van der Waals surface area contributed by atoms with Gasteiger partial charge in [-0.05, 0) is 42.9 Å². The lowest BCUT2D eigenvalue weighted by Crippen LogP contribution is -2.28. The summed E-state index contributed by atoms with van der Waals surface area (Å²) in [7, 11) is 0. The van der Waals surface area contributed by atoms with Crippen LogP contribution in [0, 0.1) is 5.92 Å². The van der Waals surface area contributed by atoms with Gasteiger partial charge in [-0.25, -0.2) is 19.5 Å². The fraction of sp³-hybridized carbons (Fsp3) is 0.364. The molecule has 3 aromatic rings. The molecule has 4 rings (SSSR count). The lowest BCUT2D eigenvalue weighted by Gasteiger charge is -2.23. The zero-order valence-electron chi connectivity index (χ0n) is 16.2. The second-order valence-corrected chi connectivity index (χ2v) is 7.44. The summed E-state index contributed by atoms with van der Waals surface area (Å²) in [4.78, 5) is 26.9. The van der Waals surface area contributed by atoms with Crippen LogP contribution < -0.4 is 9.47 Å². The first-order valence-electron chi connectivity index (χ1n) is 9.96. The number of carbonyl (C=O) groups excluding carboxylic acids is 1. The fourth-order valence-electron chi connectivity index (χ4n) is 3.41. The van der Waals surface area contributed by atoms with Gasteiger partial charge in [0.2, 0.25) is 6.33 Å². The van der Waals surface area contributed by atoms with Crippen molar-refractivity contribution in [3.05, 3.63) is 66.6 Å². The van der Waals surface area contributed by atoms with Crippen LogP contribution >= 0.6 is 0 Å². The number of hydrogen-bond donors (Lipinski definition) is 1. The molecule has 144 valence electrons. The molecule has 0 atom stereocenters. The number of ketones is 1. The zero-order valence-corrected chi connectivity index (χ0v) is 16.2. The lowest BCUT2D eigenvalue weighted by molar-refractivity contribution is -0.594. The van der Waals surface area contributed by atoms with Crippen molar-refractivity contribution in [3.8, 4) is 5.69 Å². The highest BCUT2D eigenvalue weighted by Gasteiger charge is 2.25. The van der Waals surface area contributed by atoms with Crippen LogP contribution in [0.4, 0.5) is 5.82 Å². The summed E-state index contributed by atoms with van der Waals surface area (Å²) in [6, 6.07) is 9.86. The standard InChI is InChI=1S/C22H25N5O/c1-2-9-26(14-17-6-7-17)22-13-20(24-15-25-22)21(28)12-18-4-3-5-19(11-18)27-10-8-23-16-27/h3-5,8,10-11,13,15-17H,2,6-7,9,12,14H2,1H3/p+1. The molecule has 0 saturated heterocycles. The molecule has 1 aliphatic rings. The van der Waals surface area contributed by atoms with Crippen LogP contribution in [0.25, 0.3) is 5.69 Å². The number of aromatic nitrogens is 4. The van der Waals surface area contributed by atoms with Crippen LogP contribution in [-0.4, -0.2) is 33.8 Å². The van der Waals surface area contributed by atoms with Crippen LogP contribution in [0.3, 0.4) is 0 Å². The number of nitrogens with zero attached hydrogens (tertiary/aromatic N) is 4. The molecule has 2 heterocycles. The number of nitrogens with one attached hydrogen (secondary N) is 1. The predicted molar refractivity (Wildman–Crippen MR) is 108 cm³/mol. The largest absolute Gasteiger partial charge is 0.356 e. The quantitative estimate of drug-likeness (QED) is 0.460. The van der Waals surface area contributed by atoms with Crippen LogP contribution in [0.5, 0.6) is 0 Å². The first-order chi connectivity index (χ1) is 13.7. The minimum Gasteiger partial charge on any atom is -0.356 e. The van der Waals surface area contributed by atoms with E-state index in [1.165, 1.54) is 19.2 Å². The van der Waals surface area contributed by atoms with E-state index in [4.69, 9.17) is 0 Å². The molecule has 2 aromatic heterocycles. The Morgan fingerprint density at radius 3 is 2.93 bits per heavy atom. The third kappa shape index (κ3) is 4.44. The fourth-order valence-corrected chi connectivity index (χ4v) is 3.41. The number of hydrogen-bond acceptors (Lipinski definition) is 4. The van der Waals surface area contributed by atoms with E-state index in [9.17, 15) is 4.79 Å². The summed E-state index contributed by atoms with van der Waals surface area (Å²) in [6.07, 6.45) is 11.2. The molecular formula is C22H26N5O+. The molecule has 1 N–H and O–H groups in total. The molecule has 6 nitrogen and oxygen atoms in total. The van der Waals surface area contributed by atoms with E-state index in [1.54, 1.807) is 0 Å². The molecule has 0 amide bonds. The van der Waals surface area contributed by atoms with Crippen molar-refractivity contribution >= 4 is 11.6 Å². The summed E-state index contributed by atoms with van der Waals surface area (Å²) in [5.41, 5.74) is 2.48. The maximum absolute atomic E-state index is 12.9. The van der Waals surface area contributed by atoms with Crippen LogP contribution in [0.2, 0.25) is 0 Å². The second kappa shape index (κ2) is 8.33. The summed E-state index contributed by atoms with van der Waals surface area (Å²) in [6.45, 7) is 4.15.